The molecule has 0 aliphatic heterocycles. The van der Waals surface area contributed by atoms with Gasteiger partial charge >= 0.3 is 0 Å². The molecule has 0 atom stereocenters. The zero-order valence-corrected chi connectivity index (χ0v) is 13.7. The Morgan fingerprint density at radius 1 is 0.960 bits per heavy atom. The van der Waals surface area contributed by atoms with Crippen LogP contribution in [-0.4, -0.2) is 28.9 Å². The second-order valence-electron chi connectivity index (χ2n) is 5.29. The van der Waals surface area contributed by atoms with Crippen LogP contribution in [0.2, 0.25) is 0 Å². The van der Waals surface area contributed by atoms with Crippen LogP contribution in [0.5, 0.6) is 17.2 Å². The highest BCUT2D eigenvalue weighted by Crippen LogP contribution is 2.24. The van der Waals surface area contributed by atoms with Crippen LogP contribution in [0.4, 0.5) is 0 Å². The highest BCUT2D eigenvalue weighted by atomic mass is 16.5. The fraction of sp³-hybridized carbons (Fsp3) is 0.100. The van der Waals surface area contributed by atoms with Crippen molar-refractivity contribution in [1.82, 2.24) is 0 Å². The second-order valence-corrected chi connectivity index (χ2v) is 5.29. The van der Waals surface area contributed by atoms with E-state index in [-0.39, 0.29) is 29.5 Å². The van der Waals surface area contributed by atoms with Crippen molar-refractivity contribution in [3.05, 3.63) is 65.7 Å². The Morgan fingerprint density at radius 3 is 2.20 bits per heavy atom. The molecule has 5 heteroatoms. The van der Waals surface area contributed by atoms with Gasteiger partial charge in [-0.25, -0.2) is 0 Å². The van der Waals surface area contributed by atoms with Crippen LogP contribution in [0, 0.1) is 0 Å². The van der Waals surface area contributed by atoms with Crippen LogP contribution >= 0.6 is 0 Å². The van der Waals surface area contributed by atoms with E-state index >= 15 is 0 Å². The van der Waals surface area contributed by atoms with Gasteiger partial charge in [0.25, 0.3) is 0 Å². The SMILES string of the molecule is COc1ccc(C=CC(=O)CC(=O)C=Cc2ccc(O)cc2)c(O)c1. The maximum Gasteiger partial charge on any atom is 0.163 e. The highest BCUT2D eigenvalue weighted by Gasteiger charge is 2.05. The predicted octanol–water partition coefficient (Wildman–Crippen LogP) is 3.36. The number of hydrogen-bond acceptors (Lipinski definition) is 5. The summed E-state index contributed by atoms with van der Waals surface area (Å²) in [6, 6.07) is 11.1. The maximum absolute atomic E-state index is 11.8. The van der Waals surface area contributed by atoms with E-state index in [1.165, 1.54) is 43.5 Å². The lowest BCUT2D eigenvalue weighted by atomic mass is 10.1. The molecular formula is C20H18O5. The van der Waals surface area contributed by atoms with Gasteiger partial charge < -0.3 is 14.9 Å². The predicted molar refractivity (Wildman–Crippen MR) is 95.5 cm³/mol. The molecule has 0 saturated carbocycles. The third-order valence-electron chi connectivity index (χ3n) is 3.39. The summed E-state index contributed by atoms with van der Waals surface area (Å²) in [7, 11) is 1.49. The van der Waals surface area contributed by atoms with E-state index in [0.717, 1.165) is 5.56 Å². The van der Waals surface area contributed by atoms with Crippen LogP contribution in [0.3, 0.4) is 0 Å². The monoisotopic (exact) mass is 338 g/mol. The molecule has 25 heavy (non-hydrogen) atoms. The smallest absolute Gasteiger partial charge is 0.163 e. The quantitative estimate of drug-likeness (QED) is 0.597. The van der Waals surface area contributed by atoms with Crippen LogP contribution in [-0.2, 0) is 9.59 Å². The number of methoxy groups -OCH3 is 1. The number of allylic oxidation sites excluding steroid dienone is 2. The molecule has 0 radical (unpaired) electrons. The Balaban J connectivity index is 1.92. The minimum Gasteiger partial charge on any atom is -0.508 e. The molecule has 2 aromatic rings. The van der Waals surface area contributed by atoms with E-state index in [1.807, 2.05) is 0 Å². The minimum absolute atomic E-state index is 0.0121. The molecule has 0 heterocycles. The van der Waals surface area contributed by atoms with Gasteiger partial charge in [0.15, 0.2) is 11.6 Å². The van der Waals surface area contributed by atoms with Crippen molar-refractivity contribution in [2.24, 2.45) is 0 Å². The molecule has 0 fully saturated rings. The fourth-order valence-corrected chi connectivity index (χ4v) is 2.04. The molecule has 0 spiro atoms. The Morgan fingerprint density at radius 2 is 1.60 bits per heavy atom. The summed E-state index contributed by atoms with van der Waals surface area (Å²) in [6.45, 7) is 0. The first-order valence-corrected chi connectivity index (χ1v) is 7.56. The molecule has 0 aliphatic rings. The van der Waals surface area contributed by atoms with Crippen molar-refractivity contribution in [3.63, 3.8) is 0 Å². The fourth-order valence-electron chi connectivity index (χ4n) is 2.04. The molecule has 0 aliphatic carbocycles. The number of ketones is 2. The maximum atomic E-state index is 11.8. The number of phenolic OH excluding ortho intramolecular Hbond substituents is 2. The number of phenols is 2. The van der Waals surface area contributed by atoms with E-state index in [4.69, 9.17) is 4.74 Å². The van der Waals surface area contributed by atoms with Gasteiger partial charge in [0.1, 0.15) is 17.2 Å². The average Bonchev–Trinajstić information content (AvgIpc) is 2.60. The molecule has 0 saturated heterocycles. The third kappa shape index (κ3) is 5.66. The van der Waals surface area contributed by atoms with E-state index in [2.05, 4.69) is 0 Å². The lowest BCUT2D eigenvalue weighted by molar-refractivity contribution is -0.121. The van der Waals surface area contributed by atoms with Crippen molar-refractivity contribution in [2.75, 3.05) is 7.11 Å². The molecule has 2 N–H and O–H groups in total. The number of ether oxygens (including phenoxy) is 1. The van der Waals surface area contributed by atoms with Crippen molar-refractivity contribution in [3.8, 4) is 17.2 Å². The van der Waals surface area contributed by atoms with Crippen LogP contribution in [0.1, 0.15) is 17.5 Å². The molecule has 5 nitrogen and oxygen atoms in total. The van der Waals surface area contributed by atoms with Crippen molar-refractivity contribution in [2.45, 2.75) is 6.42 Å². The van der Waals surface area contributed by atoms with Gasteiger partial charge in [-0.05, 0) is 48.1 Å². The van der Waals surface area contributed by atoms with E-state index in [9.17, 15) is 19.8 Å². The van der Waals surface area contributed by atoms with Gasteiger partial charge in [-0.15, -0.1) is 0 Å². The topological polar surface area (TPSA) is 83.8 Å². The number of hydrogen-bond donors (Lipinski definition) is 2. The summed E-state index contributed by atoms with van der Waals surface area (Å²) in [5.74, 6) is -0.0553. The van der Waals surface area contributed by atoms with Gasteiger partial charge in [0, 0.05) is 11.6 Å². The van der Waals surface area contributed by atoms with Gasteiger partial charge in [0.2, 0.25) is 0 Å². The molecule has 2 aromatic carbocycles. The summed E-state index contributed by atoms with van der Waals surface area (Å²) in [5, 5.41) is 19.0. The molecule has 0 aromatic heterocycles. The molecular weight excluding hydrogens is 320 g/mol. The first kappa shape index (κ1) is 18.0. The van der Waals surface area contributed by atoms with Gasteiger partial charge in [0.05, 0.1) is 13.5 Å². The normalized spacial score (nSPS) is 11.1. The lowest BCUT2D eigenvalue weighted by Gasteiger charge is -2.02. The second kappa shape index (κ2) is 8.49. The van der Waals surface area contributed by atoms with Gasteiger partial charge in [-0.2, -0.15) is 0 Å². The third-order valence-corrected chi connectivity index (χ3v) is 3.39. The Kier molecular flexibility index (Phi) is 6.12. The van der Waals surface area contributed by atoms with Crippen LogP contribution in [0.15, 0.2) is 54.6 Å². The first-order valence-electron chi connectivity index (χ1n) is 7.56. The van der Waals surface area contributed by atoms with Crippen molar-refractivity contribution < 1.29 is 24.5 Å². The van der Waals surface area contributed by atoms with Crippen LogP contribution < -0.4 is 4.74 Å². The summed E-state index contributed by atoms with van der Waals surface area (Å²) < 4.78 is 4.98. The zero-order chi connectivity index (χ0) is 18.2. The van der Waals surface area contributed by atoms with E-state index in [0.29, 0.717) is 11.3 Å². The zero-order valence-electron chi connectivity index (χ0n) is 13.7. The highest BCUT2D eigenvalue weighted by molar-refractivity contribution is 6.10. The first-order chi connectivity index (χ1) is 12.0. The Hall–Kier alpha value is -3.34. The summed E-state index contributed by atoms with van der Waals surface area (Å²) in [4.78, 5) is 23.6. The lowest BCUT2D eigenvalue weighted by Crippen LogP contribution is -2.01. The average molecular weight is 338 g/mol. The summed E-state index contributed by atoms with van der Waals surface area (Å²) >= 11 is 0. The number of carbonyl (C=O) groups excluding carboxylic acids is 2. The van der Waals surface area contributed by atoms with Crippen LogP contribution in [0.25, 0.3) is 12.2 Å². The van der Waals surface area contributed by atoms with Crippen molar-refractivity contribution in [1.29, 1.82) is 0 Å². The number of benzene rings is 2. The Labute approximate surface area is 145 Å². The van der Waals surface area contributed by atoms with Gasteiger partial charge in [-0.3, -0.25) is 9.59 Å². The molecule has 0 unspecified atom stereocenters. The molecule has 0 bridgehead atoms. The summed E-state index contributed by atoms with van der Waals surface area (Å²) in [5.41, 5.74) is 1.21. The largest absolute Gasteiger partial charge is 0.508 e. The van der Waals surface area contributed by atoms with Gasteiger partial charge in [-0.1, -0.05) is 18.2 Å². The minimum atomic E-state index is -0.365. The number of rotatable bonds is 7. The molecule has 2 rings (SSSR count). The van der Waals surface area contributed by atoms with E-state index < -0.39 is 0 Å². The molecule has 0 amide bonds. The Bertz CT molecular complexity index is 816. The standard InChI is InChI=1S/C20H18O5/c1-25-19-11-6-15(20(24)13-19)5-10-18(23)12-17(22)9-4-14-2-7-16(21)8-3-14/h2-11,13,21,24H,12H2,1H3. The number of aromatic hydroxyl groups is 2. The molecule has 128 valence electrons. The van der Waals surface area contributed by atoms with E-state index in [1.54, 1.807) is 30.3 Å². The summed E-state index contributed by atoms with van der Waals surface area (Å²) in [6.07, 6.45) is 5.35. The number of carbonyl (C=O) groups is 2. The van der Waals surface area contributed by atoms with Crippen molar-refractivity contribution >= 4 is 23.7 Å².